The molecule has 0 bridgehead atoms. The molecule has 0 radical (unpaired) electrons. The fourth-order valence-corrected chi connectivity index (χ4v) is 2.89. The van der Waals surface area contributed by atoms with E-state index in [1.807, 2.05) is 12.3 Å². The molecule has 2 heterocycles. The van der Waals surface area contributed by atoms with Gasteiger partial charge in [-0.2, -0.15) is 0 Å². The first-order valence-corrected chi connectivity index (χ1v) is 7.26. The summed E-state index contributed by atoms with van der Waals surface area (Å²) in [6.07, 6.45) is 7.28. The van der Waals surface area contributed by atoms with E-state index in [1.165, 1.54) is 16.5 Å². The van der Waals surface area contributed by atoms with E-state index in [1.54, 1.807) is 0 Å². The topological polar surface area (TPSA) is 24.9 Å². The van der Waals surface area contributed by atoms with Crippen LogP contribution in [0.3, 0.4) is 0 Å². The predicted octanol–water partition coefficient (Wildman–Crippen LogP) is 4.28. The van der Waals surface area contributed by atoms with Gasteiger partial charge in [-0.15, -0.1) is 0 Å². The van der Waals surface area contributed by atoms with Gasteiger partial charge in [0.15, 0.2) is 0 Å². The van der Waals surface area contributed by atoms with Gasteiger partial charge in [0, 0.05) is 17.6 Å². The van der Waals surface area contributed by atoms with E-state index >= 15 is 0 Å². The molecule has 2 heteroatoms. The number of pyridine rings is 1. The van der Waals surface area contributed by atoms with Gasteiger partial charge < -0.3 is 5.32 Å². The van der Waals surface area contributed by atoms with Crippen LogP contribution < -0.4 is 5.32 Å². The summed E-state index contributed by atoms with van der Waals surface area (Å²) >= 11 is 0. The van der Waals surface area contributed by atoms with Gasteiger partial charge in [0.05, 0.1) is 11.2 Å². The molecule has 1 unspecified atom stereocenters. The van der Waals surface area contributed by atoms with Crippen LogP contribution in [0.15, 0.2) is 66.9 Å². The number of nitrogens with zero attached hydrogens (tertiary/aromatic N) is 1. The van der Waals surface area contributed by atoms with Crippen LogP contribution in [0.4, 0.5) is 5.69 Å². The van der Waals surface area contributed by atoms with Gasteiger partial charge in [0.1, 0.15) is 0 Å². The molecule has 3 aromatic rings. The predicted molar refractivity (Wildman–Crippen MR) is 88.3 cm³/mol. The van der Waals surface area contributed by atoms with Crippen LogP contribution in [-0.4, -0.2) is 11.0 Å². The highest BCUT2D eigenvalue weighted by molar-refractivity contribution is 5.96. The molecule has 1 N–H and O–H groups in total. The summed E-state index contributed by atoms with van der Waals surface area (Å²) in [5.74, 6) is 0. The minimum absolute atomic E-state index is 0.313. The van der Waals surface area contributed by atoms with Crippen molar-refractivity contribution >= 4 is 22.7 Å². The lowest BCUT2D eigenvalue weighted by molar-refractivity contribution is 0.863. The summed E-state index contributed by atoms with van der Waals surface area (Å²) in [5.41, 5.74) is 4.76. The molecule has 0 saturated heterocycles. The summed E-state index contributed by atoms with van der Waals surface area (Å²) in [4.78, 5) is 4.54. The highest BCUT2D eigenvalue weighted by Crippen LogP contribution is 2.31. The van der Waals surface area contributed by atoms with Crippen molar-refractivity contribution in [3.05, 3.63) is 78.0 Å². The summed E-state index contributed by atoms with van der Waals surface area (Å²) in [7, 11) is 0. The van der Waals surface area contributed by atoms with Crippen molar-refractivity contribution in [2.45, 2.75) is 12.5 Å². The van der Waals surface area contributed by atoms with Crippen LogP contribution in [-0.2, 0) is 6.42 Å². The number of aromatic nitrogens is 1. The van der Waals surface area contributed by atoms with Crippen LogP contribution in [0.1, 0.15) is 11.1 Å². The summed E-state index contributed by atoms with van der Waals surface area (Å²) < 4.78 is 0. The highest BCUT2D eigenvalue weighted by atomic mass is 14.9. The molecule has 1 atom stereocenters. The first-order valence-electron chi connectivity index (χ1n) is 7.26. The number of fused-ring (bicyclic) bond motifs is 3. The maximum Gasteiger partial charge on any atom is 0.0939 e. The monoisotopic (exact) mass is 272 g/mol. The Labute approximate surface area is 124 Å². The third-order valence-electron chi connectivity index (χ3n) is 3.94. The minimum Gasteiger partial charge on any atom is -0.376 e. The van der Waals surface area contributed by atoms with Crippen LogP contribution in [0.25, 0.3) is 17.0 Å². The lowest BCUT2D eigenvalue weighted by Gasteiger charge is -2.23. The van der Waals surface area contributed by atoms with Gasteiger partial charge in [-0.1, -0.05) is 60.7 Å². The Morgan fingerprint density at radius 3 is 2.76 bits per heavy atom. The molecule has 102 valence electrons. The largest absolute Gasteiger partial charge is 0.376 e. The summed E-state index contributed by atoms with van der Waals surface area (Å²) in [5, 5.41) is 4.82. The van der Waals surface area contributed by atoms with Gasteiger partial charge in [-0.25, -0.2) is 0 Å². The Bertz CT molecular complexity index is 806. The first kappa shape index (κ1) is 12.2. The number of nitrogens with one attached hydrogen (secondary N) is 1. The Morgan fingerprint density at radius 2 is 1.86 bits per heavy atom. The average Bonchev–Trinajstić information content (AvgIpc) is 2.56. The molecule has 0 spiro atoms. The second-order valence-electron chi connectivity index (χ2n) is 5.40. The van der Waals surface area contributed by atoms with Gasteiger partial charge in [0.25, 0.3) is 0 Å². The van der Waals surface area contributed by atoms with Crippen LogP contribution in [0.5, 0.6) is 0 Å². The zero-order valence-corrected chi connectivity index (χ0v) is 11.7. The number of benzene rings is 2. The number of hydrogen-bond acceptors (Lipinski definition) is 2. The minimum atomic E-state index is 0.313. The van der Waals surface area contributed by atoms with Crippen molar-refractivity contribution < 1.29 is 0 Å². The average molecular weight is 272 g/mol. The van der Waals surface area contributed by atoms with Gasteiger partial charge in [0.2, 0.25) is 0 Å². The van der Waals surface area contributed by atoms with Crippen LogP contribution in [0.2, 0.25) is 0 Å². The molecule has 1 aliphatic heterocycles. The SMILES string of the molecule is C1=CC(Cc2ccccc2)Nc2c1ccc1cccnc21. The molecule has 0 amide bonds. The van der Waals surface area contributed by atoms with E-state index in [9.17, 15) is 0 Å². The van der Waals surface area contributed by atoms with E-state index in [0.717, 1.165) is 17.6 Å². The molecule has 21 heavy (non-hydrogen) atoms. The Hall–Kier alpha value is -2.61. The second kappa shape index (κ2) is 5.06. The van der Waals surface area contributed by atoms with E-state index in [0.29, 0.717) is 6.04 Å². The van der Waals surface area contributed by atoms with Gasteiger partial charge in [-0.3, -0.25) is 4.98 Å². The Morgan fingerprint density at radius 1 is 0.952 bits per heavy atom. The van der Waals surface area contributed by atoms with Gasteiger partial charge >= 0.3 is 0 Å². The maximum atomic E-state index is 4.54. The van der Waals surface area contributed by atoms with Gasteiger partial charge in [-0.05, 0) is 23.6 Å². The van der Waals surface area contributed by atoms with Crippen molar-refractivity contribution in [3.63, 3.8) is 0 Å². The van der Waals surface area contributed by atoms with E-state index in [2.05, 4.69) is 71.0 Å². The molecule has 4 rings (SSSR count). The van der Waals surface area contributed by atoms with Crippen LogP contribution >= 0.6 is 0 Å². The lowest BCUT2D eigenvalue weighted by Crippen LogP contribution is -2.22. The summed E-state index contributed by atoms with van der Waals surface area (Å²) in [6.45, 7) is 0. The van der Waals surface area contributed by atoms with Crippen molar-refractivity contribution in [1.29, 1.82) is 0 Å². The van der Waals surface area contributed by atoms with Crippen molar-refractivity contribution in [2.24, 2.45) is 0 Å². The Kier molecular flexibility index (Phi) is 2.93. The summed E-state index contributed by atoms with van der Waals surface area (Å²) in [6, 6.07) is 19.3. The number of rotatable bonds is 2. The fraction of sp³-hybridized carbons (Fsp3) is 0.105. The molecule has 2 nitrogen and oxygen atoms in total. The smallest absolute Gasteiger partial charge is 0.0939 e. The second-order valence-corrected chi connectivity index (χ2v) is 5.40. The van der Waals surface area contributed by atoms with Crippen molar-refractivity contribution in [2.75, 3.05) is 5.32 Å². The third-order valence-corrected chi connectivity index (χ3v) is 3.94. The maximum absolute atomic E-state index is 4.54. The molecular weight excluding hydrogens is 256 g/mol. The lowest BCUT2D eigenvalue weighted by atomic mass is 9.98. The Balaban J connectivity index is 1.69. The molecule has 1 aromatic heterocycles. The van der Waals surface area contributed by atoms with Crippen molar-refractivity contribution in [3.8, 4) is 0 Å². The third kappa shape index (κ3) is 2.29. The highest BCUT2D eigenvalue weighted by Gasteiger charge is 2.15. The molecule has 0 fully saturated rings. The van der Waals surface area contributed by atoms with E-state index < -0.39 is 0 Å². The quantitative estimate of drug-likeness (QED) is 0.753. The van der Waals surface area contributed by atoms with Crippen LogP contribution in [0, 0.1) is 0 Å². The first-order chi connectivity index (χ1) is 10.4. The fourth-order valence-electron chi connectivity index (χ4n) is 2.89. The molecule has 0 saturated carbocycles. The number of anilines is 1. The molecular formula is C19H16N2. The zero-order valence-electron chi connectivity index (χ0n) is 11.7. The molecule has 1 aliphatic rings. The van der Waals surface area contributed by atoms with Crippen molar-refractivity contribution in [1.82, 2.24) is 4.98 Å². The number of hydrogen-bond donors (Lipinski definition) is 1. The zero-order chi connectivity index (χ0) is 14.1. The standard InChI is InChI=1S/C19H16N2/c1-2-5-14(6-3-1)13-17-11-10-16-9-8-15-7-4-12-20-18(15)19(16)21-17/h1-12,17,21H,13H2. The van der Waals surface area contributed by atoms with E-state index in [-0.39, 0.29) is 0 Å². The molecule has 2 aromatic carbocycles. The normalized spacial score (nSPS) is 16.5. The molecule has 0 aliphatic carbocycles. The van der Waals surface area contributed by atoms with E-state index in [4.69, 9.17) is 0 Å².